The largest absolute Gasteiger partial charge is 0.443 e. The van der Waals surface area contributed by atoms with Crippen molar-refractivity contribution in [2.75, 3.05) is 5.32 Å². The molecule has 4 rings (SSSR count). The van der Waals surface area contributed by atoms with Crippen LogP contribution in [0.4, 0.5) is 20.3 Å². The first-order valence-electron chi connectivity index (χ1n) is 6.99. The van der Waals surface area contributed by atoms with E-state index in [1.54, 1.807) is 30.8 Å². The second kappa shape index (κ2) is 5.05. The number of hydrogen-bond acceptors (Lipinski definition) is 4. The van der Waals surface area contributed by atoms with Gasteiger partial charge in [-0.25, -0.2) is 13.8 Å². The number of imidazole rings is 1. The summed E-state index contributed by atoms with van der Waals surface area (Å²) in [5.41, 5.74) is 1.77. The van der Waals surface area contributed by atoms with Crippen LogP contribution >= 0.6 is 0 Å². The molecule has 0 fully saturated rings. The fourth-order valence-electron chi connectivity index (χ4n) is 2.59. The summed E-state index contributed by atoms with van der Waals surface area (Å²) >= 11 is 0. The van der Waals surface area contributed by atoms with Crippen molar-refractivity contribution in [3.8, 4) is 0 Å². The van der Waals surface area contributed by atoms with Gasteiger partial charge in [-0.1, -0.05) is 12.1 Å². The van der Waals surface area contributed by atoms with Crippen molar-refractivity contribution in [2.45, 2.75) is 13.3 Å². The molecule has 4 aromatic rings. The van der Waals surface area contributed by atoms with E-state index in [0.717, 1.165) is 16.9 Å². The number of alkyl halides is 2. The van der Waals surface area contributed by atoms with Crippen LogP contribution in [0.1, 0.15) is 17.8 Å². The van der Waals surface area contributed by atoms with Gasteiger partial charge in [-0.2, -0.15) is 0 Å². The lowest BCUT2D eigenvalue weighted by Gasteiger charge is -2.08. The maximum absolute atomic E-state index is 12.8. The molecule has 23 heavy (non-hydrogen) atoms. The Kier molecular flexibility index (Phi) is 3.00. The van der Waals surface area contributed by atoms with E-state index < -0.39 is 6.43 Å². The minimum Gasteiger partial charge on any atom is -0.443 e. The molecular formula is C16H12F2N4O. The maximum atomic E-state index is 12.8. The van der Waals surface area contributed by atoms with Crippen molar-refractivity contribution >= 4 is 28.1 Å². The number of pyridine rings is 1. The molecule has 0 saturated heterocycles. The minimum absolute atomic E-state index is 0.0478. The lowest BCUT2D eigenvalue weighted by molar-refractivity contribution is 0.151. The number of nitrogens with one attached hydrogen (secondary N) is 1. The molecule has 0 atom stereocenters. The number of hydrogen-bond donors (Lipinski definition) is 1. The second-order valence-electron chi connectivity index (χ2n) is 5.15. The van der Waals surface area contributed by atoms with Crippen LogP contribution in [0.5, 0.6) is 0 Å². The predicted molar refractivity (Wildman–Crippen MR) is 82.2 cm³/mol. The summed E-state index contributed by atoms with van der Waals surface area (Å²) in [4.78, 5) is 8.58. The highest BCUT2D eigenvalue weighted by atomic mass is 19.3. The lowest BCUT2D eigenvalue weighted by atomic mass is 10.1. The van der Waals surface area contributed by atoms with Crippen molar-refractivity contribution in [2.24, 2.45) is 0 Å². The molecule has 0 radical (unpaired) electrons. The molecule has 0 saturated carbocycles. The first kappa shape index (κ1) is 13.7. The smallest absolute Gasteiger partial charge is 0.263 e. The predicted octanol–water partition coefficient (Wildman–Crippen LogP) is 4.47. The van der Waals surface area contributed by atoms with Crippen LogP contribution < -0.4 is 5.32 Å². The molecule has 0 unspecified atom stereocenters. The van der Waals surface area contributed by atoms with Gasteiger partial charge < -0.3 is 9.73 Å². The highest BCUT2D eigenvalue weighted by molar-refractivity contribution is 5.93. The second-order valence-corrected chi connectivity index (χ2v) is 5.15. The normalized spacial score (nSPS) is 11.7. The average Bonchev–Trinajstić information content (AvgIpc) is 3.12. The molecule has 0 aliphatic rings. The summed E-state index contributed by atoms with van der Waals surface area (Å²) in [7, 11) is 0. The average molecular weight is 314 g/mol. The highest BCUT2D eigenvalue weighted by Crippen LogP contribution is 2.30. The lowest BCUT2D eigenvalue weighted by Crippen LogP contribution is -1.94. The van der Waals surface area contributed by atoms with Crippen LogP contribution in [0.25, 0.3) is 16.6 Å². The number of fused-ring (bicyclic) bond motifs is 2. The van der Waals surface area contributed by atoms with Gasteiger partial charge in [0, 0.05) is 23.3 Å². The van der Waals surface area contributed by atoms with E-state index in [-0.39, 0.29) is 5.56 Å². The third kappa shape index (κ3) is 2.21. The Labute approximate surface area is 129 Å². The van der Waals surface area contributed by atoms with Crippen molar-refractivity contribution in [3.05, 3.63) is 54.3 Å². The molecule has 0 aliphatic carbocycles. The summed E-state index contributed by atoms with van der Waals surface area (Å²) in [5, 5.41) is 3.93. The summed E-state index contributed by atoms with van der Waals surface area (Å²) < 4.78 is 32.9. The molecule has 3 aromatic heterocycles. The number of halogens is 2. The zero-order chi connectivity index (χ0) is 16.0. The Hall–Kier alpha value is -2.96. The zero-order valence-corrected chi connectivity index (χ0v) is 12.1. The number of oxazole rings is 1. The van der Waals surface area contributed by atoms with Crippen LogP contribution in [0.3, 0.4) is 0 Å². The SMILES string of the molecule is Cc1nc(Nc2ccnc3cc(C(F)F)ccc23)c2occn12. The molecule has 0 bridgehead atoms. The number of benzene rings is 1. The van der Waals surface area contributed by atoms with E-state index in [9.17, 15) is 8.78 Å². The van der Waals surface area contributed by atoms with E-state index in [1.807, 2.05) is 11.3 Å². The third-order valence-corrected chi connectivity index (χ3v) is 3.71. The third-order valence-electron chi connectivity index (χ3n) is 3.71. The van der Waals surface area contributed by atoms with Gasteiger partial charge in [0.15, 0.2) is 5.82 Å². The van der Waals surface area contributed by atoms with E-state index in [0.29, 0.717) is 17.0 Å². The quantitative estimate of drug-likeness (QED) is 0.606. The molecule has 0 amide bonds. The Balaban J connectivity index is 1.81. The monoisotopic (exact) mass is 314 g/mol. The van der Waals surface area contributed by atoms with Crippen LogP contribution in [-0.2, 0) is 0 Å². The molecule has 0 aliphatic heterocycles. The Morgan fingerprint density at radius 2 is 2.13 bits per heavy atom. The fraction of sp³-hybridized carbons (Fsp3) is 0.125. The highest BCUT2D eigenvalue weighted by Gasteiger charge is 2.14. The maximum Gasteiger partial charge on any atom is 0.263 e. The van der Waals surface area contributed by atoms with E-state index in [2.05, 4.69) is 15.3 Å². The number of aryl methyl sites for hydroxylation is 1. The van der Waals surface area contributed by atoms with Crippen molar-refractivity contribution in [1.29, 1.82) is 0 Å². The molecule has 116 valence electrons. The zero-order valence-electron chi connectivity index (χ0n) is 12.1. The fourth-order valence-corrected chi connectivity index (χ4v) is 2.59. The van der Waals surface area contributed by atoms with Crippen LogP contribution in [0.15, 0.2) is 47.3 Å². The first-order valence-corrected chi connectivity index (χ1v) is 6.99. The molecule has 3 heterocycles. The summed E-state index contributed by atoms with van der Waals surface area (Å²) in [6, 6.07) is 6.20. The molecule has 5 nitrogen and oxygen atoms in total. The molecular weight excluding hydrogens is 302 g/mol. The van der Waals surface area contributed by atoms with Gasteiger partial charge in [-0.05, 0) is 19.1 Å². The number of aromatic nitrogens is 3. The van der Waals surface area contributed by atoms with Crippen molar-refractivity contribution in [1.82, 2.24) is 14.4 Å². The van der Waals surface area contributed by atoms with E-state index in [1.165, 1.54) is 12.1 Å². The van der Waals surface area contributed by atoms with Gasteiger partial charge in [-0.15, -0.1) is 0 Å². The van der Waals surface area contributed by atoms with Gasteiger partial charge in [0.25, 0.3) is 6.43 Å². The van der Waals surface area contributed by atoms with Gasteiger partial charge in [-0.3, -0.25) is 9.38 Å². The van der Waals surface area contributed by atoms with Gasteiger partial charge in [0.1, 0.15) is 12.1 Å². The number of nitrogens with zero attached hydrogens (tertiary/aromatic N) is 3. The van der Waals surface area contributed by atoms with E-state index >= 15 is 0 Å². The summed E-state index contributed by atoms with van der Waals surface area (Å²) in [5.74, 6) is 1.35. The van der Waals surface area contributed by atoms with Crippen molar-refractivity contribution in [3.63, 3.8) is 0 Å². The van der Waals surface area contributed by atoms with Crippen LogP contribution in [0.2, 0.25) is 0 Å². The summed E-state index contributed by atoms with van der Waals surface area (Å²) in [6.07, 6.45) is 2.41. The standard InChI is InChI=1S/C16H12F2N4O/c1-9-20-15(16-22(9)6-7-23-16)21-12-4-5-19-13-8-10(14(17)18)2-3-11(12)13/h2-8,14H,1H3,(H,19,21). The van der Waals surface area contributed by atoms with Gasteiger partial charge in [0.2, 0.25) is 5.71 Å². The van der Waals surface area contributed by atoms with Gasteiger partial charge >= 0.3 is 0 Å². The van der Waals surface area contributed by atoms with E-state index in [4.69, 9.17) is 4.42 Å². The van der Waals surface area contributed by atoms with Gasteiger partial charge in [0.05, 0.1) is 11.2 Å². The number of anilines is 2. The minimum atomic E-state index is -2.52. The molecule has 1 N–H and O–H groups in total. The summed E-state index contributed by atoms with van der Waals surface area (Å²) in [6.45, 7) is 1.87. The Morgan fingerprint density at radius 1 is 1.26 bits per heavy atom. The molecule has 7 heteroatoms. The van der Waals surface area contributed by atoms with Crippen LogP contribution in [-0.4, -0.2) is 14.4 Å². The van der Waals surface area contributed by atoms with Crippen LogP contribution in [0, 0.1) is 6.92 Å². The molecule has 1 aromatic carbocycles. The first-order chi connectivity index (χ1) is 11.1. The Bertz CT molecular complexity index is 1010. The Morgan fingerprint density at radius 3 is 2.96 bits per heavy atom. The van der Waals surface area contributed by atoms with Crippen molar-refractivity contribution < 1.29 is 13.2 Å². The molecule has 0 spiro atoms. The number of rotatable bonds is 3. The topological polar surface area (TPSA) is 55.4 Å².